The lowest BCUT2D eigenvalue weighted by Crippen LogP contribution is -2.03. The van der Waals surface area contributed by atoms with Crippen LogP contribution in [0.1, 0.15) is 5.69 Å². The molecule has 5 nitrogen and oxygen atoms in total. The lowest BCUT2D eigenvalue weighted by atomic mass is 10.2. The lowest BCUT2D eigenvalue weighted by Gasteiger charge is -1.97. The van der Waals surface area contributed by atoms with Crippen LogP contribution in [0, 0.1) is 11.3 Å². The van der Waals surface area contributed by atoms with Crippen LogP contribution in [-0.4, -0.2) is 22.9 Å². The maximum Gasteiger partial charge on any atom is 0.348 e. The molecule has 0 aliphatic carbocycles. The smallest absolute Gasteiger partial charge is 0.348 e. The number of nitrogens with zero attached hydrogens (tertiary/aromatic N) is 3. The number of hydrogen-bond donors (Lipinski definition) is 0. The van der Waals surface area contributed by atoms with Gasteiger partial charge < -0.3 is 4.74 Å². The number of methoxy groups -OCH3 is 1. The van der Waals surface area contributed by atoms with E-state index in [0.29, 0.717) is 5.69 Å². The highest BCUT2D eigenvalue weighted by Crippen LogP contribution is 2.05. The molecule has 0 N–H and O–H groups in total. The van der Waals surface area contributed by atoms with Gasteiger partial charge in [0.15, 0.2) is 0 Å². The molecule has 1 heterocycles. The van der Waals surface area contributed by atoms with Crippen molar-refractivity contribution >= 4 is 12.0 Å². The van der Waals surface area contributed by atoms with E-state index < -0.39 is 5.97 Å². The van der Waals surface area contributed by atoms with Gasteiger partial charge >= 0.3 is 5.97 Å². The molecule has 1 aromatic rings. The van der Waals surface area contributed by atoms with Crippen molar-refractivity contribution in [3.8, 4) is 6.07 Å². The summed E-state index contributed by atoms with van der Waals surface area (Å²) in [5.41, 5.74) is 0.628. The average molecular weight is 191 g/mol. The van der Waals surface area contributed by atoms with Crippen molar-refractivity contribution < 1.29 is 9.53 Å². The molecular formula is C9H9N3O2. The van der Waals surface area contributed by atoms with E-state index in [1.165, 1.54) is 13.2 Å². The molecule has 0 radical (unpaired) electrons. The minimum absolute atomic E-state index is 0.0453. The molecule has 0 saturated carbocycles. The SMILES string of the molecule is COC(=O)/C(C#N)=C/c1ccnn1C. The van der Waals surface area contributed by atoms with Gasteiger partial charge in [-0.05, 0) is 12.1 Å². The van der Waals surface area contributed by atoms with Crippen LogP contribution in [-0.2, 0) is 16.6 Å². The third kappa shape index (κ3) is 1.98. The fourth-order valence-corrected chi connectivity index (χ4v) is 0.920. The van der Waals surface area contributed by atoms with E-state index in [2.05, 4.69) is 9.84 Å². The van der Waals surface area contributed by atoms with E-state index in [4.69, 9.17) is 5.26 Å². The third-order valence-corrected chi connectivity index (χ3v) is 1.68. The molecule has 1 rings (SSSR count). The second kappa shape index (κ2) is 4.23. The molecule has 0 aromatic carbocycles. The number of rotatable bonds is 2. The Morgan fingerprint density at radius 1 is 1.79 bits per heavy atom. The van der Waals surface area contributed by atoms with Crippen LogP contribution in [0.2, 0.25) is 0 Å². The topological polar surface area (TPSA) is 67.9 Å². The van der Waals surface area contributed by atoms with Crippen LogP contribution in [0.25, 0.3) is 6.08 Å². The van der Waals surface area contributed by atoms with E-state index >= 15 is 0 Å². The van der Waals surface area contributed by atoms with Gasteiger partial charge in [0.2, 0.25) is 0 Å². The minimum Gasteiger partial charge on any atom is -0.465 e. The van der Waals surface area contributed by atoms with Gasteiger partial charge in [0, 0.05) is 13.2 Å². The number of esters is 1. The normalized spacial score (nSPS) is 10.8. The Bertz CT molecular complexity index is 412. The Labute approximate surface area is 81.2 Å². The monoisotopic (exact) mass is 191 g/mol. The molecule has 14 heavy (non-hydrogen) atoms. The summed E-state index contributed by atoms with van der Waals surface area (Å²) < 4.78 is 5.99. The summed E-state index contributed by atoms with van der Waals surface area (Å²) in [6, 6.07) is 3.46. The summed E-state index contributed by atoms with van der Waals surface area (Å²) >= 11 is 0. The van der Waals surface area contributed by atoms with E-state index in [-0.39, 0.29) is 5.57 Å². The molecule has 0 unspecified atom stereocenters. The van der Waals surface area contributed by atoms with E-state index in [9.17, 15) is 4.79 Å². The quantitative estimate of drug-likeness (QED) is 0.388. The summed E-state index contributed by atoms with van der Waals surface area (Å²) in [7, 11) is 2.95. The zero-order chi connectivity index (χ0) is 10.6. The predicted molar refractivity (Wildman–Crippen MR) is 48.8 cm³/mol. The lowest BCUT2D eigenvalue weighted by molar-refractivity contribution is -0.135. The van der Waals surface area contributed by atoms with Gasteiger partial charge in [0.05, 0.1) is 12.8 Å². The van der Waals surface area contributed by atoms with Crippen molar-refractivity contribution in [2.75, 3.05) is 7.11 Å². The van der Waals surface area contributed by atoms with Gasteiger partial charge in [-0.3, -0.25) is 4.68 Å². The number of hydrogen-bond acceptors (Lipinski definition) is 4. The molecule has 1 aromatic heterocycles. The summed E-state index contributed by atoms with van der Waals surface area (Å²) in [4.78, 5) is 11.0. The van der Waals surface area contributed by atoms with Crippen molar-refractivity contribution in [1.29, 1.82) is 5.26 Å². The third-order valence-electron chi connectivity index (χ3n) is 1.68. The van der Waals surface area contributed by atoms with Gasteiger partial charge in [-0.25, -0.2) is 4.79 Å². The first-order valence-electron chi connectivity index (χ1n) is 3.87. The fourth-order valence-electron chi connectivity index (χ4n) is 0.920. The van der Waals surface area contributed by atoms with Crippen LogP contribution >= 0.6 is 0 Å². The van der Waals surface area contributed by atoms with E-state index in [1.54, 1.807) is 30.1 Å². The number of nitriles is 1. The Balaban J connectivity index is 3.03. The van der Waals surface area contributed by atoms with Gasteiger partial charge in [-0.15, -0.1) is 0 Å². The Kier molecular flexibility index (Phi) is 3.02. The standard InChI is InChI=1S/C9H9N3O2/c1-12-8(3-4-11-12)5-7(6-10)9(13)14-2/h3-5H,1-2H3/b7-5+. The van der Waals surface area contributed by atoms with Gasteiger partial charge in [-0.1, -0.05) is 0 Å². The van der Waals surface area contributed by atoms with Gasteiger partial charge in [0.1, 0.15) is 11.6 Å². The Hall–Kier alpha value is -2.09. The second-order valence-corrected chi connectivity index (χ2v) is 2.54. The van der Waals surface area contributed by atoms with E-state index in [1.807, 2.05) is 0 Å². The molecule has 0 bridgehead atoms. The van der Waals surface area contributed by atoms with Gasteiger partial charge in [0.25, 0.3) is 0 Å². The first-order chi connectivity index (χ1) is 6.69. The highest BCUT2D eigenvalue weighted by atomic mass is 16.5. The van der Waals surface area contributed by atoms with Crippen LogP contribution in [0.3, 0.4) is 0 Å². The number of aromatic nitrogens is 2. The summed E-state index contributed by atoms with van der Waals surface area (Å²) in [6.07, 6.45) is 3.01. The molecule has 0 saturated heterocycles. The molecule has 0 fully saturated rings. The second-order valence-electron chi connectivity index (χ2n) is 2.54. The van der Waals surface area contributed by atoms with E-state index in [0.717, 1.165) is 0 Å². The number of carbonyl (C=O) groups is 1. The molecule has 5 heteroatoms. The highest BCUT2D eigenvalue weighted by molar-refractivity contribution is 5.97. The summed E-state index contributed by atoms with van der Waals surface area (Å²) in [5, 5.41) is 12.6. The fraction of sp³-hybridized carbons (Fsp3) is 0.222. The predicted octanol–water partition coefficient (Wildman–Crippen LogP) is 0.500. The molecule has 0 atom stereocenters. The molecule has 0 amide bonds. The Morgan fingerprint density at radius 2 is 2.50 bits per heavy atom. The first kappa shape index (κ1) is 9.99. The van der Waals surface area contributed by atoms with Crippen molar-refractivity contribution in [2.24, 2.45) is 7.05 Å². The minimum atomic E-state index is -0.645. The van der Waals surface area contributed by atoms with Crippen molar-refractivity contribution in [3.63, 3.8) is 0 Å². The number of aryl methyl sites for hydroxylation is 1. The number of carbonyl (C=O) groups excluding carboxylic acids is 1. The zero-order valence-electron chi connectivity index (χ0n) is 7.89. The maximum atomic E-state index is 11.0. The first-order valence-corrected chi connectivity index (χ1v) is 3.87. The molecule has 0 spiro atoms. The summed E-state index contributed by atoms with van der Waals surface area (Å²) in [5.74, 6) is -0.645. The Morgan fingerprint density at radius 3 is 2.93 bits per heavy atom. The molecule has 0 aliphatic rings. The average Bonchev–Trinajstić information content (AvgIpc) is 2.59. The van der Waals surface area contributed by atoms with Crippen LogP contribution in [0.4, 0.5) is 0 Å². The summed E-state index contributed by atoms with van der Waals surface area (Å²) in [6.45, 7) is 0. The van der Waals surface area contributed by atoms with Crippen molar-refractivity contribution in [1.82, 2.24) is 9.78 Å². The number of ether oxygens (including phenoxy) is 1. The molecular weight excluding hydrogens is 182 g/mol. The van der Waals surface area contributed by atoms with Gasteiger partial charge in [-0.2, -0.15) is 10.4 Å². The highest BCUT2D eigenvalue weighted by Gasteiger charge is 2.09. The van der Waals surface area contributed by atoms with Crippen LogP contribution in [0.5, 0.6) is 0 Å². The molecule has 72 valence electrons. The van der Waals surface area contributed by atoms with Crippen molar-refractivity contribution in [3.05, 3.63) is 23.5 Å². The van der Waals surface area contributed by atoms with Crippen molar-refractivity contribution in [2.45, 2.75) is 0 Å². The largest absolute Gasteiger partial charge is 0.465 e. The zero-order valence-corrected chi connectivity index (χ0v) is 7.89. The van der Waals surface area contributed by atoms with Crippen LogP contribution in [0.15, 0.2) is 17.8 Å². The molecule has 0 aliphatic heterocycles. The van der Waals surface area contributed by atoms with Crippen LogP contribution < -0.4 is 0 Å². The maximum absolute atomic E-state index is 11.0.